The number of hydrogen-bond donors (Lipinski definition) is 2. The minimum absolute atomic E-state index is 0.0486. The van der Waals surface area contributed by atoms with Gasteiger partial charge in [-0.3, -0.25) is 10.2 Å². The van der Waals surface area contributed by atoms with Crippen LogP contribution in [0.4, 0.5) is 0 Å². The van der Waals surface area contributed by atoms with Crippen molar-refractivity contribution in [3.8, 4) is 0 Å². The number of aryl methyl sites for hydroxylation is 1. The van der Waals surface area contributed by atoms with E-state index >= 15 is 0 Å². The fourth-order valence-electron chi connectivity index (χ4n) is 2.04. The largest absolute Gasteiger partial charge is 0.291 e. The van der Waals surface area contributed by atoms with Gasteiger partial charge in [-0.2, -0.15) is 0 Å². The fraction of sp³-hybridized carbons (Fsp3) is 0.462. The molecule has 1 aromatic rings. The summed E-state index contributed by atoms with van der Waals surface area (Å²) in [5.41, 5.74) is 8.20. The predicted octanol–water partition coefficient (Wildman–Crippen LogP) is 1.43. The molecule has 1 saturated heterocycles. The summed E-state index contributed by atoms with van der Waals surface area (Å²) in [6.07, 6.45) is 1.87. The Kier molecular flexibility index (Phi) is 3.25. The van der Waals surface area contributed by atoms with E-state index in [2.05, 4.69) is 42.0 Å². The molecule has 1 aliphatic rings. The normalized spacial score (nSPS) is 24.5. The quantitative estimate of drug-likeness (QED) is 0.806. The molecule has 2 unspecified atom stereocenters. The highest BCUT2D eigenvalue weighted by Crippen LogP contribution is 2.16. The highest BCUT2D eigenvalue weighted by atomic mass is 16.2. The Morgan fingerprint density at radius 3 is 2.31 bits per heavy atom. The number of nitrogens with one attached hydrogen (secondary N) is 2. The molecule has 2 atom stereocenters. The standard InChI is InChI=1S/C13H18N2O/c1-3-10-4-6-11(7-5-10)8-12-9(2)14-15-13(12)16/h4-7,9,12,14H,3,8H2,1-2H3,(H,15,16). The van der Waals surface area contributed by atoms with Gasteiger partial charge in [0, 0.05) is 6.04 Å². The van der Waals surface area contributed by atoms with Gasteiger partial charge in [0.15, 0.2) is 0 Å². The number of rotatable bonds is 3. The Balaban J connectivity index is 2.05. The van der Waals surface area contributed by atoms with Gasteiger partial charge in [0.1, 0.15) is 0 Å². The predicted molar refractivity (Wildman–Crippen MR) is 63.8 cm³/mol. The summed E-state index contributed by atoms with van der Waals surface area (Å²) < 4.78 is 0. The zero-order valence-corrected chi connectivity index (χ0v) is 9.79. The Labute approximate surface area is 96.2 Å². The minimum atomic E-state index is 0.0486. The van der Waals surface area contributed by atoms with E-state index in [1.165, 1.54) is 11.1 Å². The van der Waals surface area contributed by atoms with E-state index in [4.69, 9.17) is 0 Å². The lowest BCUT2D eigenvalue weighted by atomic mass is 9.93. The van der Waals surface area contributed by atoms with Crippen molar-refractivity contribution in [2.75, 3.05) is 0 Å². The van der Waals surface area contributed by atoms with E-state index in [0.717, 1.165) is 12.8 Å². The summed E-state index contributed by atoms with van der Waals surface area (Å²) >= 11 is 0. The van der Waals surface area contributed by atoms with Crippen molar-refractivity contribution in [2.45, 2.75) is 32.7 Å². The highest BCUT2D eigenvalue weighted by Gasteiger charge is 2.30. The summed E-state index contributed by atoms with van der Waals surface area (Å²) in [7, 11) is 0. The molecular weight excluding hydrogens is 200 g/mol. The van der Waals surface area contributed by atoms with Crippen molar-refractivity contribution in [2.24, 2.45) is 5.92 Å². The van der Waals surface area contributed by atoms with Gasteiger partial charge in [-0.15, -0.1) is 0 Å². The summed E-state index contributed by atoms with van der Waals surface area (Å²) in [5, 5.41) is 0. The Morgan fingerprint density at radius 2 is 1.81 bits per heavy atom. The maximum absolute atomic E-state index is 11.5. The summed E-state index contributed by atoms with van der Waals surface area (Å²) in [6, 6.07) is 8.73. The van der Waals surface area contributed by atoms with E-state index < -0.39 is 0 Å². The lowest BCUT2D eigenvalue weighted by molar-refractivity contribution is -0.122. The summed E-state index contributed by atoms with van der Waals surface area (Å²) in [5.74, 6) is 0.152. The number of carbonyl (C=O) groups excluding carboxylic acids is 1. The topological polar surface area (TPSA) is 41.1 Å². The van der Waals surface area contributed by atoms with E-state index in [1.807, 2.05) is 6.92 Å². The van der Waals surface area contributed by atoms with Crippen LogP contribution in [0.5, 0.6) is 0 Å². The van der Waals surface area contributed by atoms with Gasteiger partial charge in [-0.05, 0) is 30.9 Å². The van der Waals surface area contributed by atoms with Crippen LogP contribution in [0.2, 0.25) is 0 Å². The van der Waals surface area contributed by atoms with Crippen molar-refractivity contribution < 1.29 is 4.79 Å². The number of hydrogen-bond acceptors (Lipinski definition) is 2. The monoisotopic (exact) mass is 218 g/mol. The molecule has 1 aromatic carbocycles. The van der Waals surface area contributed by atoms with Crippen LogP contribution in [-0.4, -0.2) is 11.9 Å². The van der Waals surface area contributed by atoms with Crippen LogP contribution in [0, 0.1) is 5.92 Å². The third-order valence-corrected chi connectivity index (χ3v) is 3.25. The van der Waals surface area contributed by atoms with Crippen molar-refractivity contribution in [1.82, 2.24) is 10.9 Å². The van der Waals surface area contributed by atoms with Gasteiger partial charge >= 0.3 is 0 Å². The summed E-state index contributed by atoms with van der Waals surface area (Å²) in [6.45, 7) is 4.17. The van der Waals surface area contributed by atoms with E-state index in [9.17, 15) is 4.79 Å². The molecule has 0 aliphatic carbocycles. The molecule has 0 spiro atoms. The first kappa shape index (κ1) is 11.1. The lowest BCUT2D eigenvalue weighted by Crippen LogP contribution is -2.29. The average Bonchev–Trinajstić information content (AvgIpc) is 2.62. The molecule has 3 nitrogen and oxygen atoms in total. The maximum Gasteiger partial charge on any atom is 0.239 e. The van der Waals surface area contributed by atoms with Gasteiger partial charge < -0.3 is 0 Å². The van der Waals surface area contributed by atoms with Crippen molar-refractivity contribution in [3.63, 3.8) is 0 Å². The molecule has 2 rings (SSSR count). The smallest absolute Gasteiger partial charge is 0.239 e. The Bertz CT molecular complexity index is 372. The molecule has 0 bridgehead atoms. The van der Waals surface area contributed by atoms with Crippen molar-refractivity contribution >= 4 is 5.91 Å². The van der Waals surface area contributed by atoms with Crippen molar-refractivity contribution in [3.05, 3.63) is 35.4 Å². The molecule has 0 aromatic heterocycles. The Hall–Kier alpha value is -1.35. The SMILES string of the molecule is CCc1ccc(CC2C(=O)NNC2C)cc1. The molecule has 1 fully saturated rings. The van der Waals surface area contributed by atoms with Gasteiger partial charge in [0.05, 0.1) is 5.92 Å². The van der Waals surface area contributed by atoms with Crippen LogP contribution in [0.1, 0.15) is 25.0 Å². The van der Waals surface area contributed by atoms with Gasteiger partial charge in [0.25, 0.3) is 0 Å². The third-order valence-electron chi connectivity index (χ3n) is 3.25. The number of hydrazine groups is 1. The number of carbonyl (C=O) groups is 1. The molecule has 16 heavy (non-hydrogen) atoms. The van der Waals surface area contributed by atoms with Crippen LogP contribution in [0.15, 0.2) is 24.3 Å². The highest BCUT2D eigenvalue weighted by molar-refractivity contribution is 5.81. The zero-order valence-electron chi connectivity index (χ0n) is 9.79. The van der Waals surface area contributed by atoms with Crippen molar-refractivity contribution in [1.29, 1.82) is 0 Å². The molecule has 0 radical (unpaired) electrons. The maximum atomic E-state index is 11.5. The second kappa shape index (κ2) is 4.66. The Morgan fingerprint density at radius 1 is 1.19 bits per heavy atom. The van der Waals surface area contributed by atoms with E-state index in [1.54, 1.807) is 0 Å². The zero-order chi connectivity index (χ0) is 11.5. The van der Waals surface area contributed by atoms with E-state index in [-0.39, 0.29) is 17.9 Å². The van der Waals surface area contributed by atoms with Crippen LogP contribution in [0.25, 0.3) is 0 Å². The first-order chi connectivity index (χ1) is 7.70. The van der Waals surface area contributed by atoms with Gasteiger partial charge in [-0.1, -0.05) is 31.2 Å². The second-order valence-electron chi connectivity index (χ2n) is 4.40. The molecule has 3 heteroatoms. The number of benzene rings is 1. The van der Waals surface area contributed by atoms with Gasteiger partial charge in [0.2, 0.25) is 5.91 Å². The average molecular weight is 218 g/mol. The number of amides is 1. The van der Waals surface area contributed by atoms with Crippen LogP contribution in [-0.2, 0) is 17.6 Å². The second-order valence-corrected chi connectivity index (χ2v) is 4.40. The van der Waals surface area contributed by atoms with E-state index in [0.29, 0.717) is 0 Å². The fourth-order valence-corrected chi connectivity index (χ4v) is 2.04. The molecule has 1 heterocycles. The van der Waals surface area contributed by atoms with Crippen LogP contribution >= 0.6 is 0 Å². The molecule has 1 amide bonds. The minimum Gasteiger partial charge on any atom is -0.291 e. The first-order valence-corrected chi connectivity index (χ1v) is 5.84. The molecule has 2 N–H and O–H groups in total. The van der Waals surface area contributed by atoms with Gasteiger partial charge in [-0.25, -0.2) is 5.43 Å². The van der Waals surface area contributed by atoms with Crippen LogP contribution in [0.3, 0.4) is 0 Å². The van der Waals surface area contributed by atoms with Crippen LogP contribution < -0.4 is 10.9 Å². The molecular formula is C13H18N2O. The molecule has 86 valence electrons. The first-order valence-electron chi connectivity index (χ1n) is 5.84. The lowest BCUT2D eigenvalue weighted by Gasteiger charge is -2.11. The third kappa shape index (κ3) is 2.25. The summed E-state index contributed by atoms with van der Waals surface area (Å²) in [4.78, 5) is 11.5. The molecule has 0 saturated carbocycles. The molecule has 1 aliphatic heterocycles.